The van der Waals surface area contributed by atoms with Crippen molar-refractivity contribution in [3.63, 3.8) is 0 Å². The average molecular weight is 520 g/mol. The molecule has 3 rings (SSSR count). The summed E-state index contributed by atoms with van der Waals surface area (Å²) in [6.45, 7) is 4.47. The second-order valence-corrected chi connectivity index (χ2v) is 11.1. The number of rotatable bonds is 8. The number of carboxylic acids is 1. The SMILES string of the molecule is C1CCC(NC2CCCCC2)CC1.CC(C)(C)OC(=O)C(N)(C(=O)O)C(N)C(=O)OCc1ccccc1. The van der Waals surface area contributed by atoms with E-state index in [4.69, 9.17) is 20.9 Å². The molecule has 2 unspecified atom stereocenters. The fourth-order valence-electron chi connectivity index (χ4n) is 4.59. The molecule has 0 bridgehead atoms. The van der Waals surface area contributed by atoms with E-state index in [0.717, 1.165) is 12.1 Å². The number of benzene rings is 1. The summed E-state index contributed by atoms with van der Waals surface area (Å²) in [5.41, 5.74) is 8.13. The molecule has 1 aromatic rings. The number of esters is 2. The Bertz CT molecular complexity index is 844. The molecular formula is C28H45N3O6. The highest BCUT2D eigenvalue weighted by molar-refractivity contribution is 6.09. The maximum Gasteiger partial charge on any atom is 0.340 e. The molecule has 0 aliphatic heterocycles. The number of nitrogens with one attached hydrogen (secondary N) is 1. The third-order valence-corrected chi connectivity index (χ3v) is 6.74. The molecule has 2 atom stereocenters. The van der Waals surface area contributed by atoms with Gasteiger partial charge in [0, 0.05) is 12.1 Å². The third-order valence-electron chi connectivity index (χ3n) is 6.74. The largest absolute Gasteiger partial charge is 0.479 e. The van der Waals surface area contributed by atoms with Gasteiger partial charge in [-0.25, -0.2) is 9.59 Å². The fraction of sp³-hybridized carbons (Fsp3) is 0.679. The van der Waals surface area contributed by atoms with Gasteiger partial charge in [0.2, 0.25) is 5.54 Å². The molecule has 2 aliphatic rings. The summed E-state index contributed by atoms with van der Waals surface area (Å²) in [7, 11) is 0. The summed E-state index contributed by atoms with van der Waals surface area (Å²) < 4.78 is 9.92. The van der Waals surface area contributed by atoms with Crippen LogP contribution in [0.4, 0.5) is 0 Å². The molecule has 0 spiro atoms. The van der Waals surface area contributed by atoms with Crippen molar-refractivity contribution in [2.75, 3.05) is 0 Å². The molecule has 0 aromatic heterocycles. The molecule has 2 saturated carbocycles. The minimum atomic E-state index is -2.75. The zero-order chi connectivity index (χ0) is 27.5. The van der Waals surface area contributed by atoms with Crippen LogP contribution in [-0.2, 0) is 30.5 Å². The van der Waals surface area contributed by atoms with Gasteiger partial charge in [0.15, 0.2) is 0 Å². The van der Waals surface area contributed by atoms with E-state index in [2.05, 4.69) is 5.32 Å². The Morgan fingerprint density at radius 2 is 1.43 bits per heavy atom. The molecule has 0 saturated heterocycles. The molecular weight excluding hydrogens is 474 g/mol. The average Bonchev–Trinajstić information content (AvgIpc) is 2.87. The first-order valence-corrected chi connectivity index (χ1v) is 13.4. The van der Waals surface area contributed by atoms with Gasteiger partial charge in [-0.05, 0) is 52.0 Å². The Morgan fingerprint density at radius 3 is 1.86 bits per heavy atom. The van der Waals surface area contributed by atoms with Crippen molar-refractivity contribution >= 4 is 17.9 Å². The van der Waals surface area contributed by atoms with E-state index in [1.165, 1.54) is 85.0 Å². The third kappa shape index (κ3) is 10.1. The lowest BCUT2D eigenvalue weighted by molar-refractivity contribution is -0.174. The molecule has 9 heteroatoms. The van der Waals surface area contributed by atoms with Crippen molar-refractivity contribution in [2.24, 2.45) is 11.5 Å². The van der Waals surface area contributed by atoms with Gasteiger partial charge in [0.05, 0.1) is 0 Å². The van der Waals surface area contributed by atoms with Gasteiger partial charge in [0.1, 0.15) is 18.2 Å². The lowest BCUT2D eigenvalue weighted by Crippen LogP contribution is -2.69. The monoisotopic (exact) mass is 519 g/mol. The van der Waals surface area contributed by atoms with E-state index in [1.807, 2.05) is 0 Å². The van der Waals surface area contributed by atoms with Crippen LogP contribution in [0, 0.1) is 0 Å². The summed E-state index contributed by atoms with van der Waals surface area (Å²) in [6.07, 6.45) is 14.6. The van der Waals surface area contributed by atoms with Crippen LogP contribution in [0.1, 0.15) is 90.5 Å². The quantitative estimate of drug-likeness (QED) is 0.299. The number of nitrogens with two attached hydrogens (primary N) is 2. The zero-order valence-corrected chi connectivity index (χ0v) is 22.5. The second-order valence-electron chi connectivity index (χ2n) is 11.1. The van der Waals surface area contributed by atoms with Crippen LogP contribution in [0.15, 0.2) is 30.3 Å². The van der Waals surface area contributed by atoms with Crippen LogP contribution in [0.25, 0.3) is 0 Å². The van der Waals surface area contributed by atoms with E-state index in [9.17, 15) is 19.5 Å². The summed E-state index contributed by atoms with van der Waals surface area (Å²) in [5, 5.41) is 13.1. The lowest BCUT2D eigenvalue weighted by Gasteiger charge is -2.30. The van der Waals surface area contributed by atoms with Crippen molar-refractivity contribution in [3.8, 4) is 0 Å². The molecule has 0 radical (unpaired) electrons. The van der Waals surface area contributed by atoms with Gasteiger partial charge in [-0.15, -0.1) is 0 Å². The molecule has 0 heterocycles. The summed E-state index contributed by atoms with van der Waals surface area (Å²) in [5.74, 6) is -4.21. The minimum absolute atomic E-state index is 0.128. The standard InChI is InChI=1S/C16H22N2O6.C12H23N/c1-15(2,3)24-14(22)16(18,13(20)21)11(17)12(19)23-9-10-7-5-4-6-8-10;1-3-7-11(8-4-1)13-12-9-5-2-6-10-12/h4-8,11H,9,17-18H2,1-3H3,(H,20,21);11-13H,1-10H2. The summed E-state index contributed by atoms with van der Waals surface area (Å²) in [6, 6.07) is 8.51. The van der Waals surface area contributed by atoms with Crippen LogP contribution in [0.3, 0.4) is 0 Å². The Kier molecular flexibility index (Phi) is 12.0. The number of carboxylic acid groups (broad SMARTS) is 1. The van der Waals surface area contributed by atoms with E-state index >= 15 is 0 Å². The molecule has 2 aliphatic carbocycles. The predicted molar refractivity (Wildman–Crippen MR) is 141 cm³/mol. The number of aliphatic carboxylic acids is 1. The van der Waals surface area contributed by atoms with Crippen LogP contribution in [-0.4, -0.2) is 52.3 Å². The van der Waals surface area contributed by atoms with Crippen molar-refractivity contribution in [3.05, 3.63) is 35.9 Å². The Hall–Kier alpha value is -2.49. The van der Waals surface area contributed by atoms with Crippen molar-refractivity contribution < 1.29 is 29.0 Å². The normalized spacial score (nSPS) is 19.5. The second kappa shape index (κ2) is 14.4. The Morgan fingerprint density at radius 1 is 0.946 bits per heavy atom. The topological polar surface area (TPSA) is 154 Å². The molecule has 9 nitrogen and oxygen atoms in total. The van der Waals surface area contributed by atoms with Gasteiger partial charge >= 0.3 is 17.9 Å². The zero-order valence-electron chi connectivity index (χ0n) is 22.5. The fourth-order valence-corrected chi connectivity index (χ4v) is 4.59. The molecule has 208 valence electrons. The van der Waals surface area contributed by atoms with Gasteiger partial charge in [-0.1, -0.05) is 68.9 Å². The molecule has 0 amide bonds. The van der Waals surface area contributed by atoms with E-state index in [0.29, 0.717) is 5.56 Å². The van der Waals surface area contributed by atoms with Crippen LogP contribution in [0.5, 0.6) is 0 Å². The first-order valence-electron chi connectivity index (χ1n) is 13.4. The van der Waals surface area contributed by atoms with Crippen molar-refractivity contribution in [2.45, 2.75) is 121 Å². The van der Waals surface area contributed by atoms with Crippen molar-refractivity contribution in [1.82, 2.24) is 5.32 Å². The van der Waals surface area contributed by atoms with Crippen molar-refractivity contribution in [1.29, 1.82) is 0 Å². The lowest BCUT2D eigenvalue weighted by atomic mass is 9.91. The maximum absolute atomic E-state index is 12.1. The predicted octanol–water partition coefficient (Wildman–Crippen LogP) is 3.42. The maximum atomic E-state index is 12.1. The summed E-state index contributed by atoms with van der Waals surface area (Å²) >= 11 is 0. The van der Waals surface area contributed by atoms with E-state index in [1.54, 1.807) is 30.3 Å². The van der Waals surface area contributed by atoms with Gasteiger partial charge in [-0.2, -0.15) is 0 Å². The minimum Gasteiger partial charge on any atom is -0.479 e. The first kappa shape index (κ1) is 30.7. The highest BCUT2D eigenvalue weighted by atomic mass is 16.6. The number of carbonyl (C=O) groups is 3. The molecule has 6 N–H and O–H groups in total. The number of hydrogen-bond donors (Lipinski definition) is 4. The van der Waals surface area contributed by atoms with Crippen LogP contribution < -0.4 is 16.8 Å². The Labute approximate surface area is 220 Å². The van der Waals surface area contributed by atoms with Gasteiger partial charge in [-0.3, -0.25) is 4.79 Å². The van der Waals surface area contributed by atoms with E-state index in [-0.39, 0.29) is 6.61 Å². The van der Waals surface area contributed by atoms with Crippen LogP contribution >= 0.6 is 0 Å². The van der Waals surface area contributed by atoms with Gasteiger partial charge < -0.3 is 31.4 Å². The number of hydrogen-bond acceptors (Lipinski definition) is 8. The highest BCUT2D eigenvalue weighted by Crippen LogP contribution is 2.22. The molecule has 2 fully saturated rings. The first-order chi connectivity index (χ1) is 17.4. The number of carbonyl (C=O) groups excluding carboxylic acids is 2. The van der Waals surface area contributed by atoms with E-state index < -0.39 is 35.1 Å². The molecule has 37 heavy (non-hydrogen) atoms. The highest BCUT2D eigenvalue weighted by Gasteiger charge is 2.54. The number of ether oxygens (including phenoxy) is 2. The Balaban J connectivity index is 0.000000308. The summed E-state index contributed by atoms with van der Waals surface area (Å²) in [4.78, 5) is 35.6. The van der Waals surface area contributed by atoms with Gasteiger partial charge in [0.25, 0.3) is 0 Å². The van der Waals surface area contributed by atoms with Crippen LogP contribution in [0.2, 0.25) is 0 Å². The smallest absolute Gasteiger partial charge is 0.340 e. The molecule has 1 aromatic carbocycles.